The van der Waals surface area contributed by atoms with Crippen molar-refractivity contribution in [2.75, 3.05) is 0 Å². The Morgan fingerprint density at radius 3 is 0.375 bits per heavy atom. The van der Waals surface area contributed by atoms with Gasteiger partial charge in [0.25, 0.3) is 0 Å². The zero-order chi connectivity index (χ0) is 63.1. The fourth-order valence-corrected chi connectivity index (χ4v) is 8.41. The average Bonchev–Trinajstić information content (AvgIpc) is 4.44. The zero-order valence-electron chi connectivity index (χ0n) is 47.7. The van der Waals surface area contributed by atoms with E-state index in [4.69, 9.17) is 40.2 Å². The molecule has 0 aromatic heterocycles. The second-order valence-corrected chi connectivity index (χ2v) is 18.4. The van der Waals surface area contributed by atoms with Gasteiger partial charge in [-0.15, -0.1) is 0 Å². The minimum Gasteiger partial charge on any atom is -0.398 e. The summed E-state index contributed by atoms with van der Waals surface area (Å²) < 4.78 is 40.4. The number of hydrogen-bond donors (Lipinski definition) is 8. The third kappa shape index (κ3) is 27.4. The SMILES string of the molecule is C1=Nc2ccccc2C1.C1=Nc2ccccc2C1.C1=Nc2ccccc2C1.C1=Nc2ccccc2C1.C1=Nc2ccccc2C1.C1=Nc2ccccc2C1.C1=Nc2ccccc2C1.C1=Nc2ccccc2C1.OB(O)F.OB(O)F.OB(O)F.OB(O)F. The van der Waals surface area contributed by atoms with Gasteiger partial charge in [0.1, 0.15) is 0 Å². The molecule has 0 unspecified atom stereocenters. The molecular formula is C64H64B4F4N8O8. The maximum Gasteiger partial charge on any atom is 0.674 e. The molecule has 8 aliphatic heterocycles. The zero-order valence-corrected chi connectivity index (χ0v) is 47.7. The first-order chi connectivity index (χ1) is 42.7. The number of rotatable bonds is 0. The van der Waals surface area contributed by atoms with Crippen molar-refractivity contribution in [3.05, 3.63) is 239 Å². The van der Waals surface area contributed by atoms with E-state index < -0.39 is 29.6 Å². The van der Waals surface area contributed by atoms with Gasteiger partial charge in [-0.3, -0.25) is 57.2 Å². The van der Waals surface area contributed by atoms with Gasteiger partial charge in [0, 0.05) is 101 Å². The highest BCUT2D eigenvalue weighted by Gasteiger charge is 2.08. The van der Waals surface area contributed by atoms with Gasteiger partial charge < -0.3 is 40.2 Å². The van der Waals surface area contributed by atoms with E-state index in [2.05, 4.69) is 88.5 Å². The van der Waals surface area contributed by atoms with E-state index in [1.54, 1.807) is 0 Å². The summed E-state index contributed by atoms with van der Waals surface area (Å²) in [5, 5.41) is 55.6. The van der Waals surface area contributed by atoms with Crippen LogP contribution in [0.25, 0.3) is 0 Å². The van der Waals surface area contributed by atoms with Crippen molar-refractivity contribution in [1.82, 2.24) is 0 Å². The number of benzene rings is 8. The lowest BCUT2D eigenvalue weighted by molar-refractivity contribution is 0.338. The van der Waals surface area contributed by atoms with Crippen LogP contribution in [0.1, 0.15) is 44.5 Å². The molecule has 0 aliphatic carbocycles. The van der Waals surface area contributed by atoms with Crippen LogP contribution in [0.4, 0.5) is 62.8 Å². The Bertz CT molecular complexity index is 2930. The van der Waals surface area contributed by atoms with E-state index >= 15 is 0 Å². The summed E-state index contributed by atoms with van der Waals surface area (Å²) in [5.74, 6) is 0. The highest BCUT2D eigenvalue weighted by atomic mass is 19.1. The lowest BCUT2D eigenvalue weighted by Crippen LogP contribution is -1.98. The highest BCUT2D eigenvalue weighted by molar-refractivity contribution is 6.32. The van der Waals surface area contributed by atoms with Crippen molar-refractivity contribution in [2.24, 2.45) is 39.9 Å². The molecule has 448 valence electrons. The maximum atomic E-state index is 10.1. The molecule has 24 heteroatoms. The topological polar surface area (TPSA) is 261 Å². The largest absolute Gasteiger partial charge is 0.674 e. The minimum absolute atomic E-state index is 1.01. The Morgan fingerprint density at radius 2 is 0.284 bits per heavy atom. The monoisotopic (exact) mass is 1190 g/mol. The van der Waals surface area contributed by atoms with Crippen LogP contribution in [0.3, 0.4) is 0 Å². The van der Waals surface area contributed by atoms with Crippen molar-refractivity contribution in [2.45, 2.75) is 51.4 Å². The van der Waals surface area contributed by atoms with Gasteiger partial charge in [-0.1, -0.05) is 146 Å². The van der Waals surface area contributed by atoms with Gasteiger partial charge in [-0.25, -0.2) is 0 Å². The Morgan fingerprint density at radius 1 is 0.193 bits per heavy atom. The molecule has 0 fully saturated rings. The lowest BCUT2D eigenvalue weighted by atomic mass is 10.2. The van der Waals surface area contributed by atoms with E-state index in [1.807, 2.05) is 195 Å². The summed E-state index contributed by atoms with van der Waals surface area (Å²) >= 11 is 0. The van der Waals surface area contributed by atoms with Crippen LogP contribution in [-0.2, 0) is 51.4 Å². The van der Waals surface area contributed by atoms with Crippen molar-refractivity contribution in [1.29, 1.82) is 0 Å². The number of aliphatic imine (C=N–C) groups is 8. The highest BCUT2D eigenvalue weighted by Crippen LogP contribution is 2.27. The molecule has 0 saturated heterocycles. The van der Waals surface area contributed by atoms with Crippen LogP contribution in [0.5, 0.6) is 0 Å². The van der Waals surface area contributed by atoms with E-state index in [0.717, 1.165) is 96.9 Å². The first-order valence-electron chi connectivity index (χ1n) is 27.5. The van der Waals surface area contributed by atoms with Crippen LogP contribution in [0, 0.1) is 0 Å². The number of fused-ring (bicyclic) bond motifs is 8. The summed E-state index contributed by atoms with van der Waals surface area (Å²) in [6.45, 7) is 0. The Balaban J connectivity index is 0.000000177. The van der Waals surface area contributed by atoms with Crippen molar-refractivity contribution in [3.8, 4) is 0 Å². The number of hydrogen-bond acceptors (Lipinski definition) is 16. The maximum absolute atomic E-state index is 10.1. The van der Waals surface area contributed by atoms with Gasteiger partial charge in [0.2, 0.25) is 0 Å². The molecule has 88 heavy (non-hydrogen) atoms. The van der Waals surface area contributed by atoms with Crippen LogP contribution < -0.4 is 0 Å². The van der Waals surface area contributed by atoms with E-state index in [1.165, 1.54) is 44.5 Å². The smallest absolute Gasteiger partial charge is 0.398 e. The van der Waals surface area contributed by atoms with E-state index in [9.17, 15) is 17.3 Å². The Hall–Kier alpha value is -9.22. The van der Waals surface area contributed by atoms with Gasteiger partial charge in [0.05, 0.1) is 45.5 Å². The molecule has 16 nitrogen and oxygen atoms in total. The van der Waals surface area contributed by atoms with Crippen LogP contribution in [-0.4, -0.2) is 119 Å². The molecule has 0 bridgehead atoms. The summed E-state index contributed by atoms with van der Waals surface area (Å²) in [6.07, 6.45) is 23.7. The molecule has 8 aliphatic rings. The van der Waals surface area contributed by atoms with E-state index in [-0.39, 0.29) is 0 Å². The van der Waals surface area contributed by atoms with Gasteiger partial charge in [0.15, 0.2) is 0 Å². The second kappa shape index (κ2) is 40.2. The van der Waals surface area contributed by atoms with Crippen molar-refractivity contribution >= 4 is 125 Å². The van der Waals surface area contributed by atoms with E-state index in [0.29, 0.717) is 0 Å². The van der Waals surface area contributed by atoms with Gasteiger partial charge in [-0.05, 0) is 93.0 Å². The normalized spacial score (nSPS) is 12.5. The third-order valence-electron chi connectivity index (χ3n) is 12.3. The fourth-order valence-electron chi connectivity index (χ4n) is 8.41. The molecule has 16 rings (SSSR count). The molecule has 8 aromatic carbocycles. The first-order valence-corrected chi connectivity index (χ1v) is 27.5. The van der Waals surface area contributed by atoms with Crippen LogP contribution >= 0.6 is 0 Å². The number of halogens is 4. The summed E-state index contributed by atoms with van der Waals surface area (Å²) in [5.41, 5.74) is 19.9. The summed E-state index contributed by atoms with van der Waals surface area (Å²) in [6, 6.07) is 65.7. The minimum atomic E-state index is -2.67. The van der Waals surface area contributed by atoms with Gasteiger partial charge in [-0.2, -0.15) is 0 Å². The Labute approximate surface area is 510 Å². The average molecular weight is 1190 g/mol. The lowest BCUT2D eigenvalue weighted by Gasteiger charge is -1.91. The second-order valence-electron chi connectivity index (χ2n) is 18.4. The molecular weight excluding hydrogens is 1130 g/mol. The molecule has 8 heterocycles. The molecule has 0 saturated carbocycles. The number of nitrogens with zero attached hydrogens (tertiary/aromatic N) is 8. The Kier molecular flexibility index (Phi) is 31.8. The molecule has 0 amide bonds. The molecule has 0 atom stereocenters. The fraction of sp³-hybridized carbons (Fsp3) is 0.125. The van der Waals surface area contributed by atoms with Gasteiger partial charge >= 0.3 is 29.6 Å². The standard InChI is InChI=1S/8C8H7N.4BFH2O2/c8*1-2-4-8-7(3-1)5-6-9-8;4*2-1(3)4/h8*1-4,6H,5H2;4*3-4H. The van der Waals surface area contributed by atoms with Crippen molar-refractivity contribution < 1.29 is 57.5 Å². The predicted molar refractivity (Wildman–Crippen MR) is 352 cm³/mol. The molecule has 0 spiro atoms. The molecule has 8 N–H and O–H groups in total. The summed E-state index contributed by atoms with van der Waals surface area (Å²) in [4.78, 5) is 33.4. The molecule has 8 aromatic rings. The molecule has 0 radical (unpaired) electrons. The quantitative estimate of drug-likeness (QED) is 0.0533. The number of para-hydroxylation sites is 8. The van der Waals surface area contributed by atoms with Crippen LogP contribution in [0.2, 0.25) is 0 Å². The first kappa shape index (κ1) is 69.6. The van der Waals surface area contributed by atoms with Crippen LogP contribution in [0.15, 0.2) is 234 Å². The summed E-state index contributed by atoms with van der Waals surface area (Å²) in [7, 11) is -10.7. The third-order valence-corrected chi connectivity index (χ3v) is 12.3. The predicted octanol–water partition coefficient (Wildman–Crippen LogP) is 11.3. The van der Waals surface area contributed by atoms with Crippen molar-refractivity contribution in [3.63, 3.8) is 0 Å².